The number of nitrogens with zero attached hydrogens (tertiary/aromatic N) is 1. The molecule has 92 valence electrons. The summed E-state index contributed by atoms with van der Waals surface area (Å²) in [4.78, 5) is 25.6. The molecule has 0 saturated carbocycles. The van der Waals surface area contributed by atoms with Crippen molar-refractivity contribution in [2.75, 3.05) is 19.6 Å². The molecule has 2 amide bonds. The maximum absolute atomic E-state index is 11.7. The highest BCUT2D eigenvalue weighted by Gasteiger charge is 2.18. The van der Waals surface area contributed by atoms with Crippen molar-refractivity contribution in [2.45, 2.75) is 12.8 Å². The van der Waals surface area contributed by atoms with Crippen molar-refractivity contribution in [3.05, 3.63) is 21.3 Å². The summed E-state index contributed by atoms with van der Waals surface area (Å²) in [5.41, 5.74) is 0. The molecule has 0 atom stereocenters. The number of carbonyl (C=O) groups excluding carboxylic acids is 2. The molecule has 0 aliphatic carbocycles. The second kappa shape index (κ2) is 5.51. The molecule has 1 aromatic heterocycles. The van der Waals surface area contributed by atoms with Crippen LogP contribution in [0.4, 0.5) is 0 Å². The van der Waals surface area contributed by atoms with Gasteiger partial charge in [0.1, 0.15) is 0 Å². The largest absolute Gasteiger partial charge is 0.342 e. The minimum atomic E-state index is -0.241. The van der Waals surface area contributed by atoms with E-state index < -0.39 is 0 Å². The van der Waals surface area contributed by atoms with Crippen LogP contribution in [0.25, 0.3) is 0 Å². The maximum atomic E-state index is 11.7. The second-order valence-corrected chi connectivity index (χ2v) is 5.59. The minimum absolute atomic E-state index is 0.0153. The zero-order valence-electron chi connectivity index (χ0n) is 9.24. The molecule has 2 rings (SSSR count). The van der Waals surface area contributed by atoms with Gasteiger partial charge in [0.2, 0.25) is 5.91 Å². The van der Waals surface area contributed by atoms with Gasteiger partial charge in [-0.2, -0.15) is 0 Å². The molecule has 1 N–H and O–H groups in total. The van der Waals surface area contributed by atoms with Crippen molar-refractivity contribution in [2.24, 2.45) is 0 Å². The topological polar surface area (TPSA) is 49.4 Å². The van der Waals surface area contributed by atoms with Crippen LogP contribution in [-0.4, -0.2) is 36.3 Å². The highest BCUT2D eigenvalue weighted by molar-refractivity contribution is 7.17. The van der Waals surface area contributed by atoms with Crippen LogP contribution in [0.1, 0.15) is 22.5 Å². The van der Waals surface area contributed by atoms with Gasteiger partial charge in [0, 0.05) is 13.1 Å². The third-order valence-electron chi connectivity index (χ3n) is 2.66. The summed E-state index contributed by atoms with van der Waals surface area (Å²) in [6.07, 6.45) is 2.11. The standard InChI is InChI=1S/C11H13ClN2O2S/c12-9-4-3-8(17-9)11(16)13-7-10(15)14-5-1-2-6-14/h3-4H,1-2,5-7H2,(H,13,16). The highest BCUT2D eigenvalue weighted by Crippen LogP contribution is 2.21. The molecule has 0 bridgehead atoms. The number of carbonyl (C=O) groups is 2. The van der Waals surface area contributed by atoms with Crippen LogP contribution >= 0.6 is 22.9 Å². The Morgan fingerprint density at radius 3 is 2.65 bits per heavy atom. The van der Waals surface area contributed by atoms with Crippen LogP contribution in [0.15, 0.2) is 12.1 Å². The van der Waals surface area contributed by atoms with Crippen LogP contribution in [-0.2, 0) is 4.79 Å². The summed E-state index contributed by atoms with van der Waals surface area (Å²) >= 11 is 6.94. The first-order valence-corrected chi connectivity index (χ1v) is 6.67. The van der Waals surface area contributed by atoms with Crippen LogP contribution in [0, 0.1) is 0 Å². The first kappa shape index (κ1) is 12.4. The minimum Gasteiger partial charge on any atom is -0.342 e. The molecule has 1 aliphatic rings. The van der Waals surface area contributed by atoms with Crippen molar-refractivity contribution in [1.29, 1.82) is 0 Å². The van der Waals surface area contributed by atoms with E-state index in [1.807, 2.05) is 0 Å². The van der Waals surface area contributed by atoms with Gasteiger partial charge in [-0.25, -0.2) is 0 Å². The van der Waals surface area contributed by atoms with E-state index in [-0.39, 0.29) is 18.4 Å². The summed E-state index contributed by atoms with van der Waals surface area (Å²) in [6, 6.07) is 3.33. The van der Waals surface area contributed by atoms with Gasteiger partial charge in [0.25, 0.3) is 5.91 Å². The fraction of sp³-hybridized carbons (Fsp3) is 0.455. The Bertz CT molecular complexity index is 427. The smallest absolute Gasteiger partial charge is 0.261 e. The Hall–Kier alpha value is -1.07. The van der Waals surface area contributed by atoms with Gasteiger partial charge >= 0.3 is 0 Å². The van der Waals surface area contributed by atoms with Crippen LogP contribution in [0.5, 0.6) is 0 Å². The average Bonchev–Trinajstić information content (AvgIpc) is 2.95. The first-order valence-electron chi connectivity index (χ1n) is 5.48. The number of rotatable bonds is 3. The number of nitrogens with one attached hydrogen (secondary N) is 1. The summed E-state index contributed by atoms with van der Waals surface area (Å²) in [5, 5.41) is 2.61. The molecule has 1 aromatic rings. The third kappa shape index (κ3) is 3.20. The van der Waals surface area contributed by atoms with Crippen LogP contribution < -0.4 is 5.32 Å². The van der Waals surface area contributed by atoms with E-state index in [2.05, 4.69) is 5.32 Å². The van der Waals surface area contributed by atoms with E-state index in [1.54, 1.807) is 17.0 Å². The number of amides is 2. The Morgan fingerprint density at radius 2 is 2.06 bits per heavy atom. The lowest BCUT2D eigenvalue weighted by molar-refractivity contribution is -0.129. The molecule has 1 aliphatic heterocycles. The Morgan fingerprint density at radius 1 is 1.35 bits per heavy atom. The van der Waals surface area contributed by atoms with Crippen LogP contribution in [0.2, 0.25) is 4.34 Å². The fourth-order valence-corrected chi connectivity index (χ4v) is 2.72. The lowest BCUT2D eigenvalue weighted by atomic mass is 10.4. The molecule has 17 heavy (non-hydrogen) atoms. The summed E-state index contributed by atoms with van der Waals surface area (Å²) < 4.78 is 0.570. The lowest BCUT2D eigenvalue weighted by Gasteiger charge is -2.15. The van der Waals surface area contributed by atoms with Crippen molar-refractivity contribution < 1.29 is 9.59 Å². The summed E-state index contributed by atoms with van der Waals surface area (Å²) in [7, 11) is 0. The van der Waals surface area contributed by atoms with E-state index in [4.69, 9.17) is 11.6 Å². The molecule has 1 fully saturated rings. The van der Waals surface area contributed by atoms with Gasteiger partial charge in [-0.1, -0.05) is 11.6 Å². The lowest BCUT2D eigenvalue weighted by Crippen LogP contribution is -2.38. The first-order chi connectivity index (χ1) is 8.16. The normalized spacial score (nSPS) is 15.0. The molecule has 0 aromatic carbocycles. The van der Waals surface area contributed by atoms with E-state index in [0.29, 0.717) is 9.21 Å². The van der Waals surface area contributed by atoms with Gasteiger partial charge in [0.05, 0.1) is 15.8 Å². The van der Waals surface area contributed by atoms with E-state index in [0.717, 1.165) is 25.9 Å². The van der Waals surface area contributed by atoms with Crippen molar-refractivity contribution in [3.8, 4) is 0 Å². The zero-order chi connectivity index (χ0) is 12.3. The number of hydrogen-bond donors (Lipinski definition) is 1. The molecule has 6 heteroatoms. The predicted molar refractivity (Wildman–Crippen MR) is 67.5 cm³/mol. The monoisotopic (exact) mass is 272 g/mol. The molecule has 2 heterocycles. The van der Waals surface area contributed by atoms with Crippen molar-refractivity contribution >= 4 is 34.8 Å². The van der Waals surface area contributed by atoms with E-state index in [9.17, 15) is 9.59 Å². The Labute approximate surface area is 109 Å². The van der Waals surface area contributed by atoms with E-state index in [1.165, 1.54) is 11.3 Å². The van der Waals surface area contributed by atoms with Gasteiger partial charge in [-0.15, -0.1) is 11.3 Å². The maximum Gasteiger partial charge on any atom is 0.261 e. The molecule has 4 nitrogen and oxygen atoms in total. The molecule has 0 radical (unpaired) electrons. The summed E-state index contributed by atoms with van der Waals surface area (Å²) in [5.74, 6) is -0.257. The fourth-order valence-electron chi connectivity index (χ4n) is 1.76. The molecular formula is C11H13ClN2O2S. The molecule has 1 saturated heterocycles. The third-order valence-corrected chi connectivity index (χ3v) is 3.89. The zero-order valence-corrected chi connectivity index (χ0v) is 10.8. The average molecular weight is 273 g/mol. The van der Waals surface area contributed by atoms with Crippen molar-refractivity contribution in [1.82, 2.24) is 10.2 Å². The second-order valence-electron chi connectivity index (χ2n) is 3.87. The number of thiophene rings is 1. The number of halogens is 1. The van der Waals surface area contributed by atoms with Gasteiger partial charge < -0.3 is 10.2 Å². The Balaban J connectivity index is 1.81. The number of likely N-dealkylation sites (tertiary alicyclic amines) is 1. The quantitative estimate of drug-likeness (QED) is 0.911. The van der Waals surface area contributed by atoms with Crippen LogP contribution in [0.3, 0.4) is 0 Å². The summed E-state index contributed by atoms with van der Waals surface area (Å²) in [6.45, 7) is 1.67. The molecule has 0 spiro atoms. The molecular weight excluding hydrogens is 260 g/mol. The number of hydrogen-bond acceptors (Lipinski definition) is 3. The van der Waals surface area contributed by atoms with E-state index >= 15 is 0 Å². The van der Waals surface area contributed by atoms with Gasteiger partial charge in [0.15, 0.2) is 0 Å². The molecule has 0 unspecified atom stereocenters. The highest BCUT2D eigenvalue weighted by atomic mass is 35.5. The Kier molecular flexibility index (Phi) is 4.02. The van der Waals surface area contributed by atoms with Crippen molar-refractivity contribution in [3.63, 3.8) is 0 Å². The predicted octanol–water partition coefficient (Wildman–Crippen LogP) is 1.75. The SMILES string of the molecule is O=C(NCC(=O)N1CCCC1)c1ccc(Cl)s1. The van der Waals surface area contributed by atoms with Gasteiger partial charge in [-0.05, 0) is 25.0 Å². The van der Waals surface area contributed by atoms with Gasteiger partial charge in [-0.3, -0.25) is 9.59 Å².